The van der Waals surface area contributed by atoms with Gasteiger partial charge in [0.15, 0.2) is 11.5 Å². The number of phenols is 1. The fourth-order valence-corrected chi connectivity index (χ4v) is 2.88. The summed E-state index contributed by atoms with van der Waals surface area (Å²) in [5.41, 5.74) is 2.36. The van der Waals surface area contributed by atoms with Crippen LogP contribution in [0.3, 0.4) is 0 Å². The number of amides is 1. The number of benzene rings is 2. The van der Waals surface area contributed by atoms with Gasteiger partial charge in [0.2, 0.25) is 5.75 Å². The van der Waals surface area contributed by atoms with Crippen LogP contribution in [-0.4, -0.2) is 38.9 Å². The van der Waals surface area contributed by atoms with Crippen molar-refractivity contribution in [2.24, 2.45) is 0 Å². The number of carbonyl (C=O) groups is 1. The van der Waals surface area contributed by atoms with E-state index in [0.717, 1.165) is 5.69 Å². The first-order valence-electron chi connectivity index (χ1n) is 7.96. The fraction of sp³-hybridized carbons (Fsp3) is 0.211. The first kappa shape index (κ1) is 17.5. The molecule has 2 aromatic rings. The van der Waals surface area contributed by atoms with Crippen LogP contribution in [0.1, 0.15) is 5.56 Å². The van der Waals surface area contributed by atoms with E-state index in [1.807, 2.05) is 0 Å². The van der Waals surface area contributed by atoms with Crippen molar-refractivity contribution in [1.29, 1.82) is 0 Å². The Morgan fingerprint density at radius 3 is 2.38 bits per heavy atom. The Balaban J connectivity index is 2.02. The largest absolute Gasteiger partial charge is 0.508 e. The maximum absolute atomic E-state index is 12.8. The van der Waals surface area contributed by atoms with Crippen LogP contribution in [-0.2, 0) is 4.79 Å². The summed E-state index contributed by atoms with van der Waals surface area (Å²) in [4.78, 5) is 12.8. The number of methoxy groups -OCH3 is 3. The highest BCUT2D eigenvalue weighted by Crippen LogP contribution is 2.48. The van der Waals surface area contributed by atoms with E-state index in [1.54, 1.807) is 31.4 Å². The van der Waals surface area contributed by atoms with Crippen LogP contribution in [0.2, 0.25) is 0 Å². The quantitative estimate of drug-likeness (QED) is 0.714. The lowest BCUT2D eigenvalue weighted by molar-refractivity contribution is -0.111. The summed E-state index contributed by atoms with van der Waals surface area (Å²) in [6, 6.07) is 8.05. The van der Waals surface area contributed by atoms with Crippen molar-refractivity contribution in [2.45, 2.75) is 0 Å². The maximum atomic E-state index is 12.8. The van der Waals surface area contributed by atoms with Crippen molar-refractivity contribution in [1.82, 2.24) is 0 Å². The van der Waals surface area contributed by atoms with Crippen molar-refractivity contribution in [3.8, 4) is 23.0 Å². The van der Waals surface area contributed by atoms with Gasteiger partial charge in [-0.05, 0) is 24.3 Å². The Morgan fingerprint density at radius 2 is 1.77 bits per heavy atom. The number of fused-ring (bicyclic) bond motifs is 1. The number of phenolic OH excluding ortho intramolecular Hbond substituents is 1. The number of rotatable bonds is 5. The highest BCUT2D eigenvalue weighted by molar-refractivity contribution is 6.27. The van der Waals surface area contributed by atoms with Crippen LogP contribution in [0.4, 0.5) is 11.4 Å². The van der Waals surface area contributed by atoms with Gasteiger partial charge in [0, 0.05) is 18.3 Å². The van der Waals surface area contributed by atoms with Crippen LogP contribution in [0, 0.1) is 0 Å². The Morgan fingerprint density at radius 1 is 1.08 bits per heavy atom. The molecule has 136 valence electrons. The summed E-state index contributed by atoms with van der Waals surface area (Å²) < 4.78 is 16.3. The highest BCUT2D eigenvalue weighted by atomic mass is 16.5. The molecule has 0 spiro atoms. The Hall–Kier alpha value is -3.35. The molecule has 0 aromatic heterocycles. The van der Waals surface area contributed by atoms with E-state index < -0.39 is 0 Å². The van der Waals surface area contributed by atoms with E-state index in [9.17, 15) is 9.90 Å². The molecule has 0 saturated heterocycles. The van der Waals surface area contributed by atoms with Gasteiger partial charge >= 0.3 is 0 Å². The molecular weight excluding hydrogens is 336 g/mol. The molecule has 1 heterocycles. The van der Waals surface area contributed by atoms with E-state index in [0.29, 0.717) is 40.6 Å². The monoisotopic (exact) mass is 356 g/mol. The number of hydrogen-bond donors (Lipinski definition) is 3. The summed E-state index contributed by atoms with van der Waals surface area (Å²) in [6.45, 7) is 0.490. The number of aromatic hydroxyl groups is 1. The Kier molecular flexibility index (Phi) is 4.88. The molecule has 1 aliphatic rings. The Bertz CT molecular complexity index is 859. The average molecular weight is 356 g/mol. The summed E-state index contributed by atoms with van der Waals surface area (Å²) in [6.07, 6.45) is 1.78. The van der Waals surface area contributed by atoms with Gasteiger partial charge in [-0.25, -0.2) is 0 Å². The number of carbonyl (C=O) groups excluding carboxylic acids is 1. The molecule has 7 nitrogen and oxygen atoms in total. The topological polar surface area (TPSA) is 89.1 Å². The second-order valence-electron chi connectivity index (χ2n) is 5.57. The third kappa shape index (κ3) is 3.11. The van der Waals surface area contributed by atoms with Gasteiger partial charge in [-0.15, -0.1) is 0 Å². The van der Waals surface area contributed by atoms with Gasteiger partial charge in [-0.2, -0.15) is 0 Å². The lowest BCUT2D eigenvalue weighted by Crippen LogP contribution is -2.20. The van der Waals surface area contributed by atoms with E-state index >= 15 is 0 Å². The summed E-state index contributed by atoms with van der Waals surface area (Å²) in [5, 5.41) is 15.4. The predicted octanol–water partition coefficient (Wildman–Crippen LogP) is 2.87. The number of nitrogens with one attached hydrogen (secondary N) is 2. The molecule has 2 aromatic carbocycles. The van der Waals surface area contributed by atoms with Crippen molar-refractivity contribution < 1.29 is 24.1 Å². The molecule has 0 atom stereocenters. The van der Waals surface area contributed by atoms with Crippen LogP contribution >= 0.6 is 0 Å². The minimum Gasteiger partial charge on any atom is -0.508 e. The highest BCUT2D eigenvalue weighted by Gasteiger charge is 2.28. The molecule has 1 aliphatic heterocycles. The second kappa shape index (κ2) is 7.26. The number of ether oxygens (including phenoxy) is 3. The van der Waals surface area contributed by atoms with Crippen molar-refractivity contribution in [3.05, 3.63) is 42.0 Å². The van der Waals surface area contributed by atoms with Crippen LogP contribution in [0.5, 0.6) is 23.0 Å². The molecule has 0 radical (unpaired) electrons. The first-order chi connectivity index (χ1) is 12.6. The molecule has 0 bridgehead atoms. The second-order valence-corrected chi connectivity index (χ2v) is 5.57. The average Bonchev–Trinajstić information content (AvgIpc) is 2.67. The zero-order valence-corrected chi connectivity index (χ0v) is 14.8. The molecule has 0 saturated carbocycles. The minimum atomic E-state index is -0.288. The summed E-state index contributed by atoms with van der Waals surface area (Å²) in [5.74, 6) is 1.19. The van der Waals surface area contributed by atoms with Crippen LogP contribution in [0.25, 0.3) is 5.57 Å². The summed E-state index contributed by atoms with van der Waals surface area (Å²) in [7, 11) is 4.57. The van der Waals surface area contributed by atoms with E-state index in [4.69, 9.17) is 14.2 Å². The molecule has 0 fully saturated rings. The zero-order chi connectivity index (χ0) is 18.7. The predicted molar refractivity (Wildman–Crippen MR) is 99.3 cm³/mol. The van der Waals surface area contributed by atoms with Gasteiger partial charge in [-0.3, -0.25) is 4.79 Å². The number of hydrogen-bond acceptors (Lipinski definition) is 6. The molecular formula is C19H20N2O5. The van der Waals surface area contributed by atoms with Crippen LogP contribution in [0.15, 0.2) is 36.4 Å². The molecule has 7 heteroatoms. The molecule has 1 amide bonds. The third-order valence-electron chi connectivity index (χ3n) is 4.07. The van der Waals surface area contributed by atoms with Crippen molar-refractivity contribution in [3.63, 3.8) is 0 Å². The van der Waals surface area contributed by atoms with E-state index in [2.05, 4.69) is 10.6 Å². The fourth-order valence-electron chi connectivity index (χ4n) is 2.88. The van der Waals surface area contributed by atoms with Gasteiger partial charge in [0.25, 0.3) is 5.91 Å². The van der Waals surface area contributed by atoms with E-state index in [-0.39, 0.29) is 11.7 Å². The lowest BCUT2D eigenvalue weighted by Gasteiger charge is -2.24. The summed E-state index contributed by atoms with van der Waals surface area (Å²) >= 11 is 0. The Labute approximate surface area is 151 Å². The molecule has 26 heavy (non-hydrogen) atoms. The molecule has 0 aliphatic carbocycles. The molecule has 3 rings (SSSR count). The molecule has 3 N–H and O–H groups in total. The van der Waals surface area contributed by atoms with Gasteiger partial charge in [0.1, 0.15) is 5.75 Å². The zero-order valence-electron chi connectivity index (χ0n) is 14.8. The molecule has 0 unspecified atom stereocenters. The normalized spacial score (nSPS) is 12.3. The van der Waals surface area contributed by atoms with Crippen molar-refractivity contribution >= 4 is 22.9 Å². The lowest BCUT2D eigenvalue weighted by atomic mass is 9.97. The van der Waals surface area contributed by atoms with Crippen molar-refractivity contribution in [2.75, 3.05) is 38.5 Å². The van der Waals surface area contributed by atoms with Gasteiger partial charge in [-0.1, -0.05) is 6.08 Å². The van der Waals surface area contributed by atoms with Gasteiger partial charge < -0.3 is 30.0 Å². The third-order valence-corrected chi connectivity index (χ3v) is 4.07. The van der Waals surface area contributed by atoms with Crippen LogP contribution < -0.4 is 24.8 Å². The maximum Gasteiger partial charge on any atom is 0.256 e. The van der Waals surface area contributed by atoms with Gasteiger partial charge in [0.05, 0.1) is 38.2 Å². The smallest absolute Gasteiger partial charge is 0.256 e. The standard InChI is InChI=1S/C19H20N2O5/c1-24-15-10-14-16(18(26-3)17(15)25-2)13(8-9-20-14)19(23)21-11-4-6-12(22)7-5-11/h4-8,10,20,22H,9H2,1-3H3,(H,21,23). The first-order valence-corrected chi connectivity index (χ1v) is 7.96. The number of anilines is 2. The van der Waals surface area contributed by atoms with E-state index in [1.165, 1.54) is 26.4 Å². The SMILES string of the molecule is COc1cc2c(c(OC)c1OC)C(C(=O)Nc1ccc(O)cc1)=CCN2. The minimum absolute atomic E-state index is 0.132.